The van der Waals surface area contributed by atoms with Gasteiger partial charge in [0.1, 0.15) is 0 Å². The number of halogens is 2. The minimum atomic E-state index is -4.15. The Morgan fingerprint density at radius 1 is 1.00 bits per heavy atom. The van der Waals surface area contributed by atoms with Crippen molar-refractivity contribution in [3.05, 3.63) is 58.1 Å². The monoisotopic (exact) mass is 577 g/mol. The molecule has 1 fully saturated rings. The maximum Gasteiger partial charge on any atom is 0.291 e. The van der Waals surface area contributed by atoms with E-state index in [0.717, 1.165) is 0 Å². The second-order valence-corrected chi connectivity index (χ2v) is 12.7. The molecule has 4 rings (SSSR count). The molecule has 186 valence electrons. The predicted molar refractivity (Wildman–Crippen MR) is 131 cm³/mol. The van der Waals surface area contributed by atoms with Crippen LogP contribution < -0.4 is 10.0 Å². The Hall–Kier alpha value is -2.33. The van der Waals surface area contributed by atoms with E-state index in [4.69, 9.17) is 27.9 Å². The Balaban J connectivity index is 1.44. The van der Waals surface area contributed by atoms with Crippen LogP contribution in [0.3, 0.4) is 0 Å². The first-order valence-electron chi connectivity index (χ1n) is 9.87. The number of morpholine rings is 1. The largest absolute Gasteiger partial charge is 0.379 e. The van der Waals surface area contributed by atoms with Gasteiger partial charge in [-0.2, -0.15) is 12.7 Å². The average molecular weight is 578 g/mol. The number of rotatable bonds is 7. The van der Waals surface area contributed by atoms with Gasteiger partial charge in [0.2, 0.25) is 15.2 Å². The first-order chi connectivity index (χ1) is 16.6. The topological polar surface area (TPSA) is 148 Å². The number of carbonyl (C=O) groups excluding carboxylic acids is 1. The zero-order chi connectivity index (χ0) is 25.2. The second kappa shape index (κ2) is 10.3. The van der Waals surface area contributed by atoms with E-state index >= 15 is 0 Å². The highest BCUT2D eigenvalue weighted by Gasteiger charge is 2.27. The van der Waals surface area contributed by atoms with Gasteiger partial charge in [0.15, 0.2) is 0 Å². The summed E-state index contributed by atoms with van der Waals surface area (Å²) < 4.78 is 59.2. The number of amides is 1. The van der Waals surface area contributed by atoms with Crippen LogP contribution >= 0.6 is 34.5 Å². The van der Waals surface area contributed by atoms with E-state index in [1.807, 2.05) is 0 Å². The Morgan fingerprint density at radius 3 is 2.34 bits per heavy atom. The van der Waals surface area contributed by atoms with E-state index in [0.29, 0.717) is 29.6 Å². The number of benzene rings is 2. The van der Waals surface area contributed by atoms with Gasteiger partial charge in [0.05, 0.1) is 28.7 Å². The fourth-order valence-electron chi connectivity index (χ4n) is 3.04. The molecule has 1 aromatic heterocycles. The zero-order valence-electron chi connectivity index (χ0n) is 17.6. The van der Waals surface area contributed by atoms with Crippen molar-refractivity contribution >= 4 is 71.3 Å². The number of sulfonamides is 2. The summed E-state index contributed by atoms with van der Waals surface area (Å²) in [6.45, 7) is 1.12. The molecule has 11 nitrogen and oxygen atoms in total. The highest BCUT2D eigenvalue weighted by atomic mass is 35.5. The highest BCUT2D eigenvalue weighted by Crippen LogP contribution is 2.26. The van der Waals surface area contributed by atoms with Gasteiger partial charge in [-0.25, -0.2) is 8.42 Å². The van der Waals surface area contributed by atoms with Crippen LogP contribution in [-0.2, 0) is 24.8 Å². The summed E-state index contributed by atoms with van der Waals surface area (Å²) in [6.07, 6.45) is 0. The van der Waals surface area contributed by atoms with Crippen molar-refractivity contribution < 1.29 is 26.4 Å². The quantitative estimate of drug-likeness (QED) is 0.407. The third-order valence-electron chi connectivity index (χ3n) is 4.75. The molecule has 1 amide bonds. The zero-order valence-corrected chi connectivity index (χ0v) is 21.6. The van der Waals surface area contributed by atoms with Crippen LogP contribution in [0.25, 0.3) is 0 Å². The molecule has 35 heavy (non-hydrogen) atoms. The molecule has 2 aromatic carbocycles. The van der Waals surface area contributed by atoms with Gasteiger partial charge in [0.25, 0.3) is 20.3 Å². The van der Waals surface area contributed by atoms with E-state index in [2.05, 4.69) is 20.2 Å². The SMILES string of the molecule is O=C(Nc1nnc(S(=O)(=O)Nc2ccc(S(=O)(=O)N3CCOCC3)cc2)s1)c1ccc(Cl)cc1Cl. The fraction of sp³-hybridized carbons (Fsp3) is 0.211. The molecule has 0 spiro atoms. The molecule has 1 aliphatic heterocycles. The number of hydrogen-bond donors (Lipinski definition) is 2. The van der Waals surface area contributed by atoms with Crippen LogP contribution in [0, 0.1) is 0 Å². The Labute approximate surface area is 215 Å². The van der Waals surface area contributed by atoms with Crippen molar-refractivity contribution in [3.63, 3.8) is 0 Å². The van der Waals surface area contributed by atoms with Crippen LogP contribution in [0.2, 0.25) is 10.0 Å². The van der Waals surface area contributed by atoms with Crippen molar-refractivity contribution in [2.75, 3.05) is 36.3 Å². The summed E-state index contributed by atoms with van der Waals surface area (Å²) >= 11 is 12.5. The fourth-order valence-corrected chi connectivity index (χ4v) is 6.89. The van der Waals surface area contributed by atoms with E-state index in [9.17, 15) is 21.6 Å². The van der Waals surface area contributed by atoms with E-state index in [1.54, 1.807) is 0 Å². The van der Waals surface area contributed by atoms with Crippen molar-refractivity contribution in [1.82, 2.24) is 14.5 Å². The predicted octanol–water partition coefficient (Wildman–Crippen LogP) is 2.92. The third kappa shape index (κ3) is 5.91. The van der Waals surface area contributed by atoms with Gasteiger partial charge in [-0.05, 0) is 42.5 Å². The van der Waals surface area contributed by atoms with Crippen molar-refractivity contribution in [3.8, 4) is 0 Å². The van der Waals surface area contributed by atoms with Crippen LogP contribution in [0.1, 0.15) is 10.4 Å². The molecule has 0 unspecified atom stereocenters. The van der Waals surface area contributed by atoms with Crippen LogP contribution in [0.4, 0.5) is 10.8 Å². The maximum atomic E-state index is 12.7. The molecule has 0 bridgehead atoms. The molecule has 3 aromatic rings. The summed E-state index contributed by atoms with van der Waals surface area (Å²) in [6, 6.07) is 9.58. The van der Waals surface area contributed by atoms with Crippen molar-refractivity contribution in [2.24, 2.45) is 0 Å². The number of carbonyl (C=O) groups is 1. The summed E-state index contributed by atoms with van der Waals surface area (Å²) in [5.41, 5.74) is 0.251. The number of aromatic nitrogens is 2. The lowest BCUT2D eigenvalue weighted by molar-refractivity contribution is 0.0730. The van der Waals surface area contributed by atoms with E-state index in [-0.39, 0.29) is 39.4 Å². The van der Waals surface area contributed by atoms with Gasteiger partial charge in [-0.15, -0.1) is 10.2 Å². The first-order valence-corrected chi connectivity index (χ1v) is 14.4. The molecule has 1 aliphatic rings. The lowest BCUT2D eigenvalue weighted by Crippen LogP contribution is -2.40. The van der Waals surface area contributed by atoms with Gasteiger partial charge < -0.3 is 4.74 Å². The molecule has 2 N–H and O–H groups in total. The molecule has 0 saturated carbocycles. The standard InChI is InChI=1S/C19H17Cl2N5O6S3/c20-12-1-6-15(16(21)11-12)17(27)22-18-23-24-19(33-18)34(28,29)25-13-2-4-14(5-3-13)35(30,31)26-7-9-32-10-8-26/h1-6,11,25H,7-10H2,(H,22,23,27). The lowest BCUT2D eigenvalue weighted by Gasteiger charge is -2.26. The van der Waals surface area contributed by atoms with E-state index in [1.165, 1.54) is 46.8 Å². The average Bonchev–Trinajstić information content (AvgIpc) is 3.29. The molecular formula is C19H17Cl2N5O6S3. The Bertz CT molecular complexity index is 1460. The maximum absolute atomic E-state index is 12.7. The highest BCUT2D eigenvalue weighted by molar-refractivity contribution is 7.94. The number of hydrogen-bond acceptors (Lipinski definition) is 9. The van der Waals surface area contributed by atoms with Gasteiger partial charge in [0, 0.05) is 23.8 Å². The summed E-state index contributed by atoms with van der Waals surface area (Å²) in [7, 11) is -7.86. The van der Waals surface area contributed by atoms with Crippen LogP contribution in [0.5, 0.6) is 0 Å². The molecule has 0 aliphatic carbocycles. The van der Waals surface area contributed by atoms with Crippen molar-refractivity contribution in [2.45, 2.75) is 9.24 Å². The number of ether oxygens (including phenoxy) is 1. The molecule has 0 atom stereocenters. The molecular weight excluding hydrogens is 561 g/mol. The Morgan fingerprint density at radius 2 is 1.69 bits per heavy atom. The number of nitrogens with one attached hydrogen (secondary N) is 2. The van der Waals surface area contributed by atoms with Gasteiger partial charge in [-0.1, -0.05) is 34.5 Å². The normalized spacial score (nSPS) is 15.0. The molecule has 2 heterocycles. The minimum absolute atomic E-state index is 0.0316. The van der Waals surface area contributed by atoms with Gasteiger partial charge in [-0.3, -0.25) is 14.8 Å². The Kier molecular flexibility index (Phi) is 7.61. The first kappa shape index (κ1) is 25.8. The molecule has 16 heteroatoms. The van der Waals surface area contributed by atoms with E-state index < -0.39 is 30.3 Å². The number of nitrogens with zero attached hydrogens (tertiary/aromatic N) is 3. The van der Waals surface area contributed by atoms with Crippen LogP contribution in [-0.4, -0.2) is 63.5 Å². The van der Waals surface area contributed by atoms with Crippen molar-refractivity contribution in [1.29, 1.82) is 0 Å². The summed E-state index contributed by atoms with van der Waals surface area (Å²) in [4.78, 5) is 12.4. The minimum Gasteiger partial charge on any atom is -0.379 e. The lowest BCUT2D eigenvalue weighted by atomic mass is 10.2. The summed E-state index contributed by atoms with van der Waals surface area (Å²) in [5.74, 6) is -0.614. The molecule has 0 radical (unpaired) electrons. The summed E-state index contributed by atoms with van der Waals surface area (Å²) in [5, 5.41) is 10.2. The third-order valence-corrected chi connectivity index (χ3v) is 9.80. The molecule has 1 saturated heterocycles. The second-order valence-electron chi connectivity index (χ2n) is 7.10. The van der Waals surface area contributed by atoms with Crippen LogP contribution in [0.15, 0.2) is 51.7 Å². The van der Waals surface area contributed by atoms with Gasteiger partial charge >= 0.3 is 0 Å². The smallest absolute Gasteiger partial charge is 0.291 e. The number of anilines is 2.